The van der Waals surface area contributed by atoms with E-state index in [1.165, 1.54) is 23.5 Å². The van der Waals surface area contributed by atoms with Gasteiger partial charge in [-0.15, -0.1) is 10.2 Å². The summed E-state index contributed by atoms with van der Waals surface area (Å²) in [5.74, 6) is 0. The molecule has 0 saturated carbocycles. The monoisotopic (exact) mass is 446 g/mol. The third kappa shape index (κ3) is 4.86. The SMILES string of the molecule is CNC(CNc1nnc(-c2ccc3n[nH]c(C)c3c2)s1)Cc1ccc(C(F)(F)F)cc1. The second-order valence-electron chi connectivity index (χ2n) is 7.26. The normalized spacial score (nSPS) is 12.9. The first-order valence-corrected chi connectivity index (χ1v) is 10.5. The number of benzene rings is 2. The number of aromatic amines is 1. The zero-order chi connectivity index (χ0) is 22.0. The maximum absolute atomic E-state index is 12.7. The fourth-order valence-corrected chi connectivity index (χ4v) is 4.03. The van der Waals surface area contributed by atoms with E-state index in [9.17, 15) is 13.2 Å². The minimum absolute atomic E-state index is 0.0222. The van der Waals surface area contributed by atoms with E-state index in [-0.39, 0.29) is 6.04 Å². The lowest BCUT2D eigenvalue weighted by Crippen LogP contribution is -2.34. The van der Waals surface area contributed by atoms with Crippen LogP contribution >= 0.6 is 11.3 Å². The third-order valence-corrected chi connectivity index (χ3v) is 6.02. The molecule has 0 fully saturated rings. The lowest BCUT2D eigenvalue weighted by Gasteiger charge is -2.17. The summed E-state index contributed by atoms with van der Waals surface area (Å²) in [5.41, 5.74) is 3.07. The minimum Gasteiger partial charge on any atom is -0.358 e. The average molecular weight is 447 g/mol. The molecule has 2 aromatic heterocycles. The van der Waals surface area contributed by atoms with E-state index in [1.54, 1.807) is 0 Å². The fraction of sp³-hybridized carbons (Fsp3) is 0.286. The molecule has 3 N–H and O–H groups in total. The van der Waals surface area contributed by atoms with Crippen molar-refractivity contribution in [2.75, 3.05) is 18.9 Å². The van der Waals surface area contributed by atoms with Crippen molar-refractivity contribution < 1.29 is 13.2 Å². The van der Waals surface area contributed by atoms with Gasteiger partial charge in [0.05, 0.1) is 11.1 Å². The molecular weight excluding hydrogens is 425 g/mol. The van der Waals surface area contributed by atoms with E-state index in [2.05, 4.69) is 31.0 Å². The van der Waals surface area contributed by atoms with Crippen LogP contribution < -0.4 is 10.6 Å². The summed E-state index contributed by atoms with van der Waals surface area (Å²) in [6.45, 7) is 2.53. The maximum Gasteiger partial charge on any atom is 0.416 e. The van der Waals surface area contributed by atoms with Crippen LogP contribution in [0.1, 0.15) is 16.8 Å². The Hall–Kier alpha value is -2.98. The Morgan fingerprint density at radius 2 is 1.87 bits per heavy atom. The molecular formula is C21H21F3N6S. The molecule has 0 aliphatic rings. The number of H-pyrrole nitrogens is 1. The second kappa shape index (κ2) is 8.64. The first kappa shape index (κ1) is 21.3. The van der Waals surface area contributed by atoms with E-state index in [0.29, 0.717) is 18.1 Å². The molecule has 31 heavy (non-hydrogen) atoms. The van der Waals surface area contributed by atoms with Gasteiger partial charge in [0.2, 0.25) is 5.13 Å². The highest BCUT2D eigenvalue weighted by Gasteiger charge is 2.30. The molecule has 2 heterocycles. The number of aromatic nitrogens is 4. The van der Waals surface area contributed by atoms with Crippen LogP contribution in [-0.4, -0.2) is 40.0 Å². The van der Waals surface area contributed by atoms with E-state index in [0.717, 1.165) is 44.9 Å². The van der Waals surface area contributed by atoms with Gasteiger partial charge < -0.3 is 10.6 Å². The van der Waals surface area contributed by atoms with E-state index in [4.69, 9.17) is 0 Å². The molecule has 0 bridgehead atoms. The molecule has 4 aromatic rings. The minimum atomic E-state index is -4.32. The zero-order valence-electron chi connectivity index (χ0n) is 16.9. The summed E-state index contributed by atoms with van der Waals surface area (Å²) in [6, 6.07) is 11.2. The lowest BCUT2D eigenvalue weighted by molar-refractivity contribution is -0.137. The highest BCUT2D eigenvalue weighted by atomic mass is 32.1. The van der Waals surface area contributed by atoms with Crippen molar-refractivity contribution in [1.29, 1.82) is 0 Å². The molecule has 0 radical (unpaired) electrons. The standard InChI is InChI=1S/C21H21F3N6S/c1-12-17-10-14(5-8-18(17)28-27-12)19-29-30-20(31-19)26-11-16(25-2)9-13-3-6-15(7-4-13)21(22,23)24/h3-8,10,16,25H,9,11H2,1-2H3,(H,26,30)(H,27,28). The second-order valence-corrected chi connectivity index (χ2v) is 8.24. The Bertz CT molecular complexity index is 1170. The molecule has 0 spiro atoms. The van der Waals surface area contributed by atoms with Crippen LogP contribution in [0.5, 0.6) is 0 Å². The first-order valence-electron chi connectivity index (χ1n) is 9.69. The van der Waals surface area contributed by atoms with Gasteiger partial charge in [-0.25, -0.2) is 0 Å². The van der Waals surface area contributed by atoms with Crippen LogP contribution in [0.2, 0.25) is 0 Å². The molecule has 4 rings (SSSR count). The van der Waals surface area contributed by atoms with Crippen molar-refractivity contribution in [3.63, 3.8) is 0 Å². The number of nitrogens with zero attached hydrogens (tertiary/aromatic N) is 3. The predicted molar refractivity (Wildman–Crippen MR) is 116 cm³/mol. The summed E-state index contributed by atoms with van der Waals surface area (Å²) in [7, 11) is 1.82. The van der Waals surface area contributed by atoms with Crippen LogP contribution in [0.25, 0.3) is 21.5 Å². The summed E-state index contributed by atoms with van der Waals surface area (Å²) < 4.78 is 38.2. The van der Waals surface area contributed by atoms with Crippen LogP contribution in [0.3, 0.4) is 0 Å². The predicted octanol–water partition coefficient (Wildman–Crippen LogP) is 4.65. The number of likely N-dealkylation sites (N-methyl/N-ethyl adjacent to an activating group) is 1. The number of nitrogens with one attached hydrogen (secondary N) is 3. The Kier molecular flexibility index (Phi) is 5.92. The van der Waals surface area contributed by atoms with Gasteiger partial charge in [0.1, 0.15) is 5.01 Å². The number of aryl methyl sites for hydroxylation is 1. The van der Waals surface area contributed by atoms with Gasteiger partial charge in [-0.2, -0.15) is 18.3 Å². The molecule has 6 nitrogen and oxygen atoms in total. The third-order valence-electron chi connectivity index (χ3n) is 5.09. The van der Waals surface area contributed by atoms with Crippen LogP contribution in [0, 0.1) is 6.92 Å². The number of hydrogen-bond donors (Lipinski definition) is 3. The van der Waals surface area contributed by atoms with E-state index < -0.39 is 11.7 Å². The molecule has 0 amide bonds. The molecule has 10 heteroatoms. The number of anilines is 1. The molecule has 1 unspecified atom stereocenters. The Morgan fingerprint density at radius 3 is 2.58 bits per heavy atom. The van der Waals surface area contributed by atoms with Gasteiger partial charge in [-0.1, -0.05) is 23.5 Å². The van der Waals surface area contributed by atoms with E-state index >= 15 is 0 Å². The molecule has 2 aromatic carbocycles. The number of alkyl halides is 3. The van der Waals surface area contributed by atoms with Gasteiger partial charge >= 0.3 is 6.18 Å². The van der Waals surface area contributed by atoms with Gasteiger partial charge in [-0.3, -0.25) is 5.10 Å². The van der Waals surface area contributed by atoms with Crippen molar-refractivity contribution in [1.82, 2.24) is 25.7 Å². The Balaban J connectivity index is 1.39. The largest absolute Gasteiger partial charge is 0.416 e. The molecule has 162 valence electrons. The number of rotatable bonds is 7. The lowest BCUT2D eigenvalue weighted by atomic mass is 10.0. The molecule has 0 aliphatic carbocycles. The average Bonchev–Trinajstić information content (AvgIpc) is 3.37. The quantitative estimate of drug-likeness (QED) is 0.385. The van der Waals surface area contributed by atoms with Crippen molar-refractivity contribution >= 4 is 27.4 Å². The van der Waals surface area contributed by atoms with Gasteiger partial charge in [-0.05, 0) is 56.3 Å². The highest BCUT2D eigenvalue weighted by Crippen LogP contribution is 2.30. The zero-order valence-corrected chi connectivity index (χ0v) is 17.7. The number of fused-ring (bicyclic) bond motifs is 1. The van der Waals surface area contributed by atoms with Crippen LogP contribution in [-0.2, 0) is 12.6 Å². The number of hydrogen-bond acceptors (Lipinski definition) is 6. The summed E-state index contributed by atoms with van der Waals surface area (Å²) in [6.07, 6.45) is -3.73. The van der Waals surface area contributed by atoms with Crippen molar-refractivity contribution in [3.05, 3.63) is 59.3 Å². The molecule has 1 atom stereocenters. The summed E-state index contributed by atoms with van der Waals surface area (Å²) in [5, 5.41) is 24.7. The van der Waals surface area contributed by atoms with Crippen molar-refractivity contribution in [2.45, 2.75) is 25.6 Å². The smallest absolute Gasteiger partial charge is 0.358 e. The number of halogens is 3. The first-order chi connectivity index (χ1) is 14.8. The van der Waals surface area contributed by atoms with Crippen LogP contribution in [0.4, 0.5) is 18.3 Å². The summed E-state index contributed by atoms with van der Waals surface area (Å²) in [4.78, 5) is 0. The molecule has 0 saturated heterocycles. The summed E-state index contributed by atoms with van der Waals surface area (Å²) >= 11 is 1.45. The van der Waals surface area contributed by atoms with Gasteiger partial charge in [0, 0.05) is 29.2 Å². The fourth-order valence-electron chi connectivity index (χ4n) is 3.28. The van der Waals surface area contributed by atoms with Crippen molar-refractivity contribution in [3.8, 4) is 10.6 Å². The maximum atomic E-state index is 12.7. The Labute approximate surface area is 180 Å². The van der Waals surface area contributed by atoms with Gasteiger partial charge in [0.25, 0.3) is 0 Å². The van der Waals surface area contributed by atoms with Crippen LogP contribution in [0.15, 0.2) is 42.5 Å². The van der Waals surface area contributed by atoms with Gasteiger partial charge in [0.15, 0.2) is 0 Å². The van der Waals surface area contributed by atoms with Crippen molar-refractivity contribution in [2.24, 2.45) is 0 Å². The molecule has 0 aliphatic heterocycles. The Morgan fingerprint density at radius 1 is 1.10 bits per heavy atom. The highest BCUT2D eigenvalue weighted by molar-refractivity contribution is 7.18. The van der Waals surface area contributed by atoms with E-state index in [1.807, 2.05) is 32.2 Å². The topological polar surface area (TPSA) is 78.5 Å².